The maximum atomic E-state index is 12.7. The molecule has 0 heterocycles. The van der Waals surface area contributed by atoms with Crippen LogP contribution >= 0.6 is 0 Å². The second kappa shape index (κ2) is 9.71. The number of ether oxygens (including phenoxy) is 4. The second-order valence-corrected chi connectivity index (χ2v) is 6.03. The molecule has 0 aliphatic heterocycles. The van der Waals surface area contributed by atoms with E-state index in [4.69, 9.17) is 18.9 Å². The van der Waals surface area contributed by atoms with E-state index in [0.717, 1.165) is 5.56 Å². The summed E-state index contributed by atoms with van der Waals surface area (Å²) in [5.74, 6) is 2.45. The Labute approximate surface area is 160 Å². The van der Waals surface area contributed by atoms with Gasteiger partial charge in [0.05, 0.1) is 27.4 Å². The van der Waals surface area contributed by atoms with Gasteiger partial charge in [0.15, 0.2) is 6.10 Å². The van der Waals surface area contributed by atoms with Gasteiger partial charge in [-0.25, -0.2) is 0 Å². The van der Waals surface area contributed by atoms with E-state index in [1.54, 1.807) is 33.5 Å². The van der Waals surface area contributed by atoms with E-state index in [1.807, 2.05) is 44.2 Å². The van der Waals surface area contributed by atoms with Crippen molar-refractivity contribution in [1.29, 1.82) is 0 Å². The lowest BCUT2D eigenvalue weighted by Gasteiger charge is -2.22. The molecule has 2 unspecified atom stereocenters. The molecular formula is C21H27NO5. The fourth-order valence-electron chi connectivity index (χ4n) is 2.72. The summed E-state index contributed by atoms with van der Waals surface area (Å²) in [6, 6.07) is 12.4. The van der Waals surface area contributed by atoms with Gasteiger partial charge < -0.3 is 24.3 Å². The highest BCUT2D eigenvalue weighted by Gasteiger charge is 2.22. The van der Waals surface area contributed by atoms with Gasteiger partial charge in [-0.3, -0.25) is 4.79 Å². The summed E-state index contributed by atoms with van der Waals surface area (Å²) in [5, 5.41) is 2.99. The monoisotopic (exact) mass is 373 g/mol. The van der Waals surface area contributed by atoms with Gasteiger partial charge in [-0.05, 0) is 43.7 Å². The van der Waals surface area contributed by atoms with Gasteiger partial charge in [0.25, 0.3) is 5.91 Å². The maximum Gasteiger partial charge on any atom is 0.261 e. The van der Waals surface area contributed by atoms with Crippen molar-refractivity contribution in [2.24, 2.45) is 0 Å². The number of hydrogen-bond donors (Lipinski definition) is 1. The van der Waals surface area contributed by atoms with Crippen molar-refractivity contribution in [1.82, 2.24) is 5.32 Å². The Morgan fingerprint density at radius 3 is 2.26 bits per heavy atom. The van der Waals surface area contributed by atoms with Crippen molar-refractivity contribution in [3.63, 3.8) is 0 Å². The van der Waals surface area contributed by atoms with Crippen LogP contribution in [0.15, 0.2) is 42.5 Å². The Balaban J connectivity index is 2.11. The molecule has 27 heavy (non-hydrogen) atoms. The molecule has 146 valence electrons. The van der Waals surface area contributed by atoms with Gasteiger partial charge in [-0.1, -0.05) is 13.0 Å². The normalized spacial score (nSPS) is 12.6. The molecule has 0 radical (unpaired) electrons. The van der Waals surface area contributed by atoms with Crippen LogP contribution in [-0.4, -0.2) is 33.3 Å². The van der Waals surface area contributed by atoms with Crippen LogP contribution in [0.25, 0.3) is 0 Å². The second-order valence-electron chi connectivity index (χ2n) is 6.03. The first kappa shape index (κ1) is 20.4. The first-order valence-electron chi connectivity index (χ1n) is 8.85. The SMILES string of the molecule is CCC(Oc1cccc(OC)c1)C(=O)NC(C)c1cc(OC)ccc1OC. The van der Waals surface area contributed by atoms with Crippen molar-refractivity contribution < 1.29 is 23.7 Å². The van der Waals surface area contributed by atoms with Crippen molar-refractivity contribution >= 4 is 5.91 Å². The highest BCUT2D eigenvalue weighted by molar-refractivity contribution is 5.81. The number of carbonyl (C=O) groups excluding carboxylic acids is 1. The van der Waals surface area contributed by atoms with Crippen molar-refractivity contribution in [3.05, 3.63) is 48.0 Å². The van der Waals surface area contributed by atoms with Crippen LogP contribution in [0.2, 0.25) is 0 Å². The minimum absolute atomic E-state index is 0.197. The van der Waals surface area contributed by atoms with Crippen molar-refractivity contribution in [3.8, 4) is 23.0 Å². The Kier molecular flexibility index (Phi) is 7.34. The summed E-state index contributed by atoms with van der Waals surface area (Å²) in [7, 11) is 4.79. The summed E-state index contributed by atoms with van der Waals surface area (Å²) < 4.78 is 21.7. The van der Waals surface area contributed by atoms with Crippen LogP contribution in [-0.2, 0) is 4.79 Å². The third kappa shape index (κ3) is 5.29. The number of amides is 1. The molecule has 0 aliphatic carbocycles. The van der Waals surface area contributed by atoms with E-state index in [9.17, 15) is 4.79 Å². The molecule has 0 spiro atoms. The van der Waals surface area contributed by atoms with Crippen LogP contribution in [0.1, 0.15) is 31.9 Å². The van der Waals surface area contributed by atoms with Crippen molar-refractivity contribution in [2.45, 2.75) is 32.4 Å². The molecule has 6 nitrogen and oxygen atoms in total. The fourth-order valence-corrected chi connectivity index (χ4v) is 2.72. The molecule has 0 fully saturated rings. The van der Waals surface area contributed by atoms with Gasteiger partial charge in [0.2, 0.25) is 0 Å². The lowest BCUT2D eigenvalue weighted by atomic mass is 10.1. The van der Waals surface area contributed by atoms with Crippen molar-refractivity contribution in [2.75, 3.05) is 21.3 Å². The van der Waals surface area contributed by atoms with E-state index >= 15 is 0 Å². The minimum Gasteiger partial charge on any atom is -0.497 e. The average molecular weight is 373 g/mol. The fraction of sp³-hybridized carbons (Fsp3) is 0.381. The highest BCUT2D eigenvalue weighted by atomic mass is 16.5. The lowest BCUT2D eigenvalue weighted by molar-refractivity contribution is -0.128. The first-order chi connectivity index (χ1) is 13.0. The van der Waals surface area contributed by atoms with Gasteiger partial charge in [0.1, 0.15) is 23.0 Å². The van der Waals surface area contributed by atoms with E-state index in [-0.39, 0.29) is 11.9 Å². The molecule has 0 aliphatic rings. The average Bonchev–Trinajstić information content (AvgIpc) is 2.71. The summed E-state index contributed by atoms with van der Waals surface area (Å²) in [6.45, 7) is 3.80. The van der Waals surface area contributed by atoms with E-state index in [2.05, 4.69) is 5.32 Å². The standard InChI is InChI=1S/C21H27NO5/c1-6-19(27-17-9-7-8-15(12-17)24-3)21(23)22-14(2)18-13-16(25-4)10-11-20(18)26-5/h7-14,19H,6H2,1-5H3,(H,22,23). The number of rotatable bonds is 9. The van der Waals surface area contributed by atoms with Crippen LogP contribution < -0.4 is 24.3 Å². The molecule has 0 saturated heterocycles. The molecule has 1 amide bonds. The number of methoxy groups -OCH3 is 3. The Hall–Kier alpha value is -2.89. The summed E-state index contributed by atoms with van der Waals surface area (Å²) in [5.41, 5.74) is 0.835. The Morgan fingerprint density at radius 2 is 1.63 bits per heavy atom. The van der Waals surface area contributed by atoms with Crippen LogP contribution in [0.3, 0.4) is 0 Å². The molecule has 2 atom stereocenters. The highest BCUT2D eigenvalue weighted by Crippen LogP contribution is 2.29. The smallest absolute Gasteiger partial charge is 0.261 e. The zero-order chi connectivity index (χ0) is 19.8. The lowest BCUT2D eigenvalue weighted by Crippen LogP contribution is -2.39. The zero-order valence-corrected chi connectivity index (χ0v) is 16.4. The van der Waals surface area contributed by atoms with Gasteiger partial charge in [-0.2, -0.15) is 0 Å². The maximum absolute atomic E-state index is 12.7. The molecule has 0 saturated carbocycles. The predicted molar refractivity (Wildman–Crippen MR) is 104 cm³/mol. The Bertz CT molecular complexity index is 762. The van der Waals surface area contributed by atoms with Gasteiger partial charge in [0, 0.05) is 11.6 Å². The zero-order valence-electron chi connectivity index (χ0n) is 16.4. The van der Waals surface area contributed by atoms with Gasteiger partial charge >= 0.3 is 0 Å². The summed E-state index contributed by atoms with van der Waals surface area (Å²) in [4.78, 5) is 12.7. The predicted octanol–water partition coefficient (Wildman–Crippen LogP) is 3.75. The van der Waals surface area contributed by atoms with Crippen LogP contribution in [0, 0.1) is 0 Å². The van der Waals surface area contributed by atoms with Crippen LogP contribution in [0.4, 0.5) is 0 Å². The Morgan fingerprint density at radius 1 is 0.963 bits per heavy atom. The van der Waals surface area contributed by atoms with E-state index < -0.39 is 6.10 Å². The quantitative estimate of drug-likeness (QED) is 0.725. The van der Waals surface area contributed by atoms with E-state index in [1.165, 1.54) is 0 Å². The number of nitrogens with one attached hydrogen (secondary N) is 1. The molecular weight excluding hydrogens is 346 g/mol. The molecule has 1 N–H and O–H groups in total. The molecule has 2 aromatic rings. The molecule has 2 aromatic carbocycles. The summed E-state index contributed by atoms with van der Waals surface area (Å²) in [6.07, 6.45) is -0.0819. The topological polar surface area (TPSA) is 66.0 Å². The molecule has 2 rings (SSSR count). The number of carbonyl (C=O) groups is 1. The third-order valence-corrected chi connectivity index (χ3v) is 4.24. The largest absolute Gasteiger partial charge is 0.497 e. The van der Waals surface area contributed by atoms with Gasteiger partial charge in [-0.15, -0.1) is 0 Å². The van der Waals surface area contributed by atoms with E-state index in [0.29, 0.717) is 29.4 Å². The summed E-state index contributed by atoms with van der Waals surface area (Å²) >= 11 is 0. The minimum atomic E-state index is -0.615. The van der Waals surface area contributed by atoms with Crippen LogP contribution in [0.5, 0.6) is 23.0 Å². The first-order valence-corrected chi connectivity index (χ1v) is 8.85. The number of benzene rings is 2. The number of hydrogen-bond acceptors (Lipinski definition) is 5. The molecule has 6 heteroatoms. The molecule has 0 aromatic heterocycles. The molecule has 0 bridgehead atoms. The third-order valence-electron chi connectivity index (χ3n) is 4.24.